The number of likely N-dealkylation sites (tertiary alicyclic amines) is 1. The molecule has 0 unspecified atom stereocenters. The van der Waals surface area contributed by atoms with Crippen LogP contribution in [0.15, 0.2) is 48.5 Å². The average molecular weight is 386 g/mol. The van der Waals surface area contributed by atoms with Crippen LogP contribution in [-0.2, 0) is 10.5 Å². The van der Waals surface area contributed by atoms with Gasteiger partial charge in [0.05, 0.1) is 0 Å². The fourth-order valence-corrected chi connectivity index (χ4v) is 4.66. The third kappa shape index (κ3) is 4.45. The predicted molar refractivity (Wildman–Crippen MR) is 105 cm³/mol. The number of nitrogens with zero attached hydrogens (tertiary/aromatic N) is 1. The van der Waals surface area contributed by atoms with Crippen LogP contribution in [0.3, 0.4) is 0 Å². The first kappa shape index (κ1) is 19.6. The normalized spacial score (nSPS) is 17.3. The van der Waals surface area contributed by atoms with Crippen LogP contribution in [0.2, 0.25) is 5.02 Å². The largest absolute Gasteiger partial charge is 0.306 e. The summed E-state index contributed by atoms with van der Waals surface area (Å²) in [6, 6.07) is 15.2. The van der Waals surface area contributed by atoms with E-state index in [0.717, 1.165) is 42.3 Å². The topological polar surface area (TPSA) is 3.24 Å². The molecule has 1 nitrogen and oxygen atoms in total. The van der Waals surface area contributed by atoms with E-state index >= 15 is 0 Å². The second-order valence-electron chi connectivity index (χ2n) is 6.19. The molecule has 1 saturated heterocycles. The van der Waals surface area contributed by atoms with Crippen molar-refractivity contribution in [2.45, 2.75) is 23.3 Å². The molecule has 1 aliphatic heterocycles. The van der Waals surface area contributed by atoms with Gasteiger partial charge >= 0.3 is 0 Å². The predicted octanol–water partition coefficient (Wildman–Crippen LogP) is 5.76. The van der Waals surface area contributed by atoms with Gasteiger partial charge in [0, 0.05) is 21.1 Å². The standard InChI is InChI=1S/C19H21ClFNS.ClH/c1-22-12-10-19(11-13-22,17-4-2-3-5-18(17)21)23-14-15-6-8-16(20)9-7-15;/h2-9H,10-14H2,1H3;1H. The van der Waals surface area contributed by atoms with Crippen LogP contribution in [0.25, 0.3) is 0 Å². The Bertz CT molecular complexity index is 655. The summed E-state index contributed by atoms with van der Waals surface area (Å²) in [7, 11) is 2.13. The van der Waals surface area contributed by atoms with Crippen molar-refractivity contribution in [3.8, 4) is 0 Å². The van der Waals surface area contributed by atoms with Crippen molar-refractivity contribution in [2.24, 2.45) is 0 Å². The Kier molecular flexibility index (Phi) is 6.99. The van der Waals surface area contributed by atoms with Gasteiger partial charge in [-0.2, -0.15) is 0 Å². The van der Waals surface area contributed by atoms with E-state index in [2.05, 4.69) is 24.1 Å². The molecule has 1 fully saturated rings. The molecule has 1 heterocycles. The quantitative estimate of drug-likeness (QED) is 0.658. The minimum Gasteiger partial charge on any atom is -0.306 e. The number of benzene rings is 2. The highest BCUT2D eigenvalue weighted by Crippen LogP contribution is 2.47. The first-order valence-electron chi connectivity index (χ1n) is 7.91. The first-order valence-corrected chi connectivity index (χ1v) is 9.27. The molecule has 0 saturated carbocycles. The molecule has 0 N–H and O–H groups in total. The molecule has 0 radical (unpaired) electrons. The van der Waals surface area contributed by atoms with E-state index in [-0.39, 0.29) is 23.0 Å². The third-order valence-corrected chi connectivity index (χ3v) is 6.50. The summed E-state index contributed by atoms with van der Waals surface area (Å²) >= 11 is 7.82. The summed E-state index contributed by atoms with van der Waals surface area (Å²) in [5.74, 6) is 0.788. The van der Waals surface area contributed by atoms with Gasteiger partial charge in [0.25, 0.3) is 0 Å². The van der Waals surface area contributed by atoms with E-state index in [1.165, 1.54) is 5.56 Å². The average Bonchev–Trinajstić information content (AvgIpc) is 2.57. The maximum atomic E-state index is 14.5. The van der Waals surface area contributed by atoms with Gasteiger partial charge in [-0.1, -0.05) is 41.9 Å². The zero-order valence-electron chi connectivity index (χ0n) is 13.7. The highest BCUT2D eigenvalue weighted by molar-refractivity contribution is 7.99. The van der Waals surface area contributed by atoms with Crippen molar-refractivity contribution >= 4 is 35.8 Å². The van der Waals surface area contributed by atoms with Gasteiger partial charge < -0.3 is 4.90 Å². The van der Waals surface area contributed by atoms with Crippen LogP contribution in [0.1, 0.15) is 24.0 Å². The molecule has 0 aromatic heterocycles. The third-order valence-electron chi connectivity index (χ3n) is 4.59. The monoisotopic (exact) mass is 385 g/mol. The number of hydrogen-bond acceptors (Lipinski definition) is 2. The Morgan fingerprint density at radius 1 is 1.08 bits per heavy atom. The lowest BCUT2D eigenvalue weighted by atomic mass is 9.88. The van der Waals surface area contributed by atoms with Crippen LogP contribution < -0.4 is 0 Å². The Morgan fingerprint density at radius 3 is 2.33 bits per heavy atom. The fraction of sp³-hybridized carbons (Fsp3) is 0.368. The van der Waals surface area contributed by atoms with Crippen molar-refractivity contribution in [1.29, 1.82) is 0 Å². The summed E-state index contributed by atoms with van der Waals surface area (Å²) in [5.41, 5.74) is 2.08. The second-order valence-corrected chi connectivity index (χ2v) is 7.99. The molecule has 0 bridgehead atoms. The van der Waals surface area contributed by atoms with E-state index in [1.54, 1.807) is 12.1 Å². The highest BCUT2D eigenvalue weighted by atomic mass is 35.5. The lowest BCUT2D eigenvalue weighted by Crippen LogP contribution is -2.39. The maximum Gasteiger partial charge on any atom is 0.127 e. The number of piperidine rings is 1. The Morgan fingerprint density at radius 2 is 1.71 bits per heavy atom. The van der Waals surface area contributed by atoms with Crippen LogP contribution in [0.4, 0.5) is 4.39 Å². The lowest BCUT2D eigenvalue weighted by Gasteiger charge is -2.41. The SMILES string of the molecule is CN1CCC(SCc2ccc(Cl)cc2)(c2ccccc2F)CC1.Cl. The fourth-order valence-electron chi connectivity index (χ4n) is 3.10. The summed E-state index contributed by atoms with van der Waals surface area (Å²) in [5, 5.41) is 0.752. The van der Waals surface area contributed by atoms with Crippen LogP contribution in [-0.4, -0.2) is 25.0 Å². The number of rotatable bonds is 4. The van der Waals surface area contributed by atoms with Gasteiger partial charge in [-0.15, -0.1) is 24.2 Å². The summed E-state index contributed by atoms with van der Waals surface area (Å²) in [6.07, 6.45) is 1.95. The molecule has 24 heavy (non-hydrogen) atoms. The second kappa shape index (κ2) is 8.57. The van der Waals surface area contributed by atoms with E-state index in [1.807, 2.05) is 36.0 Å². The van der Waals surface area contributed by atoms with E-state index < -0.39 is 0 Å². The van der Waals surface area contributed by atoms with Crippen LogP contribution in [0.5, 0.6) is 0 Å². The number of thioether (sulfide) groups is 1. The van der Waals surface area contributed by atoms with Gasteiger partial charge in [0.1, 0.15) is 5.82 Å². The van der Waals surface area contributed by atoms with Gasteiger partial charge in [-0.25, -0.2) is 4.39 Å². The maximum absolute atomic E-state index is 14.5. The molecule has 2 aromatic rings. The van der Waals surface area contributed by atoms with E-state index in [0.29, 0.717) is 0 Å². The first-order chi connectivity index (χ1) is 11.1. The molecule has 0 aliphatic carbocycles. The van der Waals surface area contributed by atoms with Gasteiger partial charge in [0.2, 0.25) is 0 Å². The van der Waals surface area contributed by atoms with Gasteiger partial charge in [-0.3, -0.25) is 0 Å². The van der Waals surface area contributed by atoms with Crippen LogP contribution in [0, 0.1) is 5.82 Å². The molecule has 3 rings (SSSR count). The molecule has 130 valence electrons. The van der Waals surface area contributed by atoms with E-state index in [9.17, 15) is 4.39 Å². The Hall–Kier alpha value is -0.740. The minimum atomic E-state index is -0.141. The summed E-state index contributed by atoms with van der Waals surface area (Å²) in [4.78, 5) is 2.32. The van der Waals surface area contributed by atoms with Crippen molar-refractivity contribution < 1.29 is 4.39 Å². The number of halogens is 3. The van der Waals surface area contributed by atoms with Gasteiger partial charge in [0.15, 0.2) is 0 Å². The molecule has 0 atom stereocenters. The van der Waals surface area contributed by atoms with E-state index in [4.69, 9.17) is 11.6 Å². The summed E-state index contributed by atoms with van der Waals surface area (Å²) < 4.78 is 14.3. The lowest BCUT2D eigenvalue weighted by molar-refractivity contribution is 0.237. The molecule has 5 heteroatoms. The minimum absolute atomic E-state index is 0. The highest BCUT2D eigenvalue weighted by Gasteiger charge is 2.37. The van der Waals surface area contributed by atoms with Crippen LogP contribution >= 0.6 is 35.8 Å². The van der Waals surface area contributed by atoms with Crippen molar-refractivity contribution in [2.75, 3.05) is 20.1 Å². The molecular weight excluding hydrogens is 364 g/mol. The smallest absolute Gasteiger partial charge is 0.127 e. The van der Waals surface area contributed by atoms with Gasteiger partial charge in [-0.05, 0) is 56.7 Å². The number of hydrogen-bond donors (Lipinski definition) is 0. The molecular formula is C19H22Cl2FNS. The Labute approximate surface area is 159 Å². The Balaban J connectivity index is 0.00000208. The zero-order valence-corrected chi connectivity index (χ0v) is 16.1. The molecule has 2 aromatic carbocycles. The molecule has 0 spiro atoms. The molecule has 0 amide bonds. The molecule has 1 aliphatic rings. The van der Waals surface area contributed by atoms with Crippen molar-refractivity contribution in [3.05, 3.63) is 70.5 Å². The summed E-state index contributed by atoms with van der Waals surface area (Å²) in [6.45, 7) is 2.00. The zero-order chi connectivity index (χ0) is 16.3. The van der Waals surface area contributed by atoms with Crippen molar-refractivity contribution in [1.82, 2.24) is 4.90 Å². The van der Waals surface area contributed by atoms with Crippen molar-refractivity contribution in [3.63, 3.8) is 0 Å².